The summed E-state index contributed by atoms with van der Waals surface area (Å²) in [6.45, 7) is 0. The summed E-state index contributed by atoms with van der Waals surface area (Å²) in [4.78, 5) is 5.40. The van der Waals surface area contributed by atoms with Gasteiger partial charge in [0.25, 0.3) is 0 Å². The SMILES string of the molecule is [Br-].c1ccc(-c2cn3ncsc3n2)cc1. The van der Waals surface area contributed by atoms with Crippen molar-refractivity contribution in [1.29, 1.82) is 0 Å². The lowest BCUT2D eigenvalue weighted by molar-refractivity contribution is -0.00000279. The maximum atomic E-state index is 4.46. The minimum Gasteiger partial charge on any atom is -1.00 e. The van der Waals surface area contributed by atoms with Gasteiger partial charge in [-0.1, -0.05) is 41.7 Å². The maximum absolute atomic E-state index is 4.46. The molecule has 2 aromatic heterocycles. The van der Waals surface area contributed by atoms with Crippen LogP contribution < -0.4 is 17.0 Å². The number of fused-ring (bicyclic) bond motifs is 1. The van der Waals surface area contributed by atoms with Crippen LogP contribution in [0.4, 0.5) is 0 Å². The van der Waals surface area contributed by atoms with E-state index in [1.807, 2.05) is 36.5 Å². The average Bonchev–Trinajstić information content (AvgIpc) is 2.78. The molecule has 76 valence electrons. The fraction of sp³-hybridized carbons (Fsp3) is 0. The van der Waals surface area contributed by atoms with Crippen LogP contribution in [0.3, 0.4) is 0 Å². The van der Waals surface area contributed by atoms with Crippen molar-refractivity contribution in [2.45, 2.75) is 0 Å². The smallest absolute Gasteiger partial charge is 0.212 e. The van der Waals surface area contributed by atoms with Crippen molar-refractivity contribution in [3.05, 3.63) is 42.0 Å². The van der Waals surface area contributed by atoms with Gasteiger partial charge < -0.3 is 17.0 Å². The zero-order chi connectivity index (χ0) is 9.38. The molecule has 1 aromatic carbocycles. The number of imidazole rings is 1. The van der Waals surface area contributed by atoms with E-state index in [1.165, 1.54) is 0 Å². The van der Waals surface area contributed by atoms with Crippen LogP contribution >= 0.6 is 11.3 Å². The largest absolute Gasteiger partial charge is 1.00 e. The zero-order valence-corrected chi connectivity index (χ0v) is 10.1. The summed E-state index contributed by atoms with van der Waals surface area (Å²) >= 11 is 1.54. The number of halogens is 1. The summed E-state index contributed by atoms with van der Waals surface area (Å²) < 4.78 is 1.80. The minimum absolute atomic E-state index is 0. The molecule has 0 bridgehead atoms. The maximum Gasteiger partial charge on any atom is 0.212 e. The Bertz CT molecular complexity index is 530. The van der Waals surface area contributed by atoms with Gasteiger partial charge in [-0.3, -0.25) is 0 Å². The molecule has 0 saturated heterocycles. The number of hydrogen-bond donors (Lipinski definition) is 0. The quantitative estimate of drug-likeness (QED) is 0.600. The number of nitrogens with zero attached hydrogens (tertiary/aromatic N) is 3. The summed E-state index contributed by atoms with van der Waals surface area (Å²) in [5.41, 5.74) is 3.90. The molecule has 0 aliphatic heterocycles. The van der Waals surface area contributed by atoms with E-state index in [9.17, 15) is 0 Å². The van der Waals surface area contributed by atoms with Gasteiger partial charge in [-0.15, -0.1) is 0 Å². The molecule has 0 amide bonds. The van der Waals surface area contributed by atoms with Gasteiger partial charge in [0.1, 0.15) is 5.51 Å². The highest BCUT2D eigenvalue weighted by Crippen LogP contribution is 2.19. The lowest BCUT2D eigenvalue weighted by Gasteiger charge is -1.92. The molecular weight excluding hydrogens is 274 g/mol. The Balaban J connectivity index is 0.000000853. The molecule has 15 heavy (non-hydrogen) atoms. The van der Waals surface area contributed by atoms with Crippen LogP contribution in [0.25, 0.3) is 16.2 Å². The van der Waals surface area contributed by atoms with E-state index < -0.39 is 0 Å². The first-order chi connectivity index (χ1) is 6.93. The van der Waals surface area contributed by atoms with Crippen LogP contribution in [0.2, 0.25) is 0 Å². The molecule has 0 fully saturated rings. The van der Waals surface area contributed by atoms with Crippen molar-refractivity contribution in [2.24, 2.45) is 0 Å². The number of rotatable bonds is 1. The summed E-state index contributed by atoms with van der Waals surface area (Å²) in [7, 11) is 0. The standard InChI is InChI=1S/C10H7N3S.BrH/c1-2-4-8(5-3-1)9-6-13-10(12-9)14-7-11-13;/h1-7H;1H/p-1. The fourth-order valence-corrected chi connectivity index (χ4v) is 1.99. The molecule has 0 spiro atoms. The molecule has 0 atom stereocenters. The average molecular weight is 281 g/mol. The lowest BCUT2D eigenvalue weighted by Crippen LogP contribution is -3.00. The first-order valence-electron chi connectivity index (χ1n) is 4.28. The first kappa shape index (κ1) is 10.3. The van der Waals surface area contributed by atoms with Gasteiger partial charge in [0.2, 0.25) is 4.96 Å². The molecule has 5 heteroatoms. The van der Waals surface area contributed by atoms with Crippen molar-refractivity contribution < 1.29 is 17.0 Å². The molecular formula is C10H7BrN3S-. The lowest BCUT2D eigenvalue weighted by atomic mass is 10.2. The third-order valence-electron chi connectivity index (χ3n) is 2.06. The van der Waals surface area contributed by atoms with Gasteiger partial charge in [0.05, 0.1) is 11.9 Å². The molecule has 0 aliphatic rings. The predicted molar refractivity (Wildman–Crippen MR) is 56.3 cm³/mol. The number of aromatic nitrogens is 3. The topological polar surface area (TPSA) is 30.2 Å². The van der Waals surface area contributed by atoms with Crippen LogP contribution in [-0.2, 0) is 0 Å². The summed E-state index contributed by atoms with van der Waals surface area (Å²) in [6.07, 6.45) is 1.95. The third kappa shape index (κ3) is 1.80. The normalized spacial score (nSPS) is 10.1. The fourth-order valence-electron chi connectivity index (χ4n) is 1.39. The molecule has 0 radical (unpaired) electrons. The van der Waals surface area contributed by atoms with E-state index in [0.717, 1.165) is 16.2 Å². The highest BCUT2D eigenvalue weighted by Gasteiger charge is 2.04. The van der Waals surface area contributed by atoms with E-state index in [1.54, 1.807) is 21.4 Å². The third-order valence-corrected chi connectivity index (χ3v) is 2.74. The van der Waals surface area contributed by atoms with Crippen LogP contribution in [0.1, 0.15) is 0 Å². The summed E-state index contributed by atoms with van der Waals surface area (Å²) in [6, 6.07) is 10.1. The molecule has 2 heterocycles. The molecule has 0 saturated carbocycles. The van der Waals surface area contributed by atoms with Crippen molar-refractivity contribution in [3.8, 4) is 11.3 Å². The van der Waals surface area contributed by atoms with Crippen LogP contribution in [-0.4, -0.2) is 14.6 Å². The Morgan fingerprint density at radius 3 is 2.67 bits per heavy atom. The highest BCUT2D eigenvalue weighted by atomic mass is 79.9. The Labute approximate surface area is 101 Å². The first-order valence-corrected chi connectivity index (χ1v) is 5.16. The van der Waals surface area contributed by atoms with Gasteiger partial charge in [-0.25, -0.2) is 9.50 Å². The van der Waals surface area contributed by atoms with Crippen LogP contribution in [0.15, 0.2) is 42.0 Å². The molecule has 3 rings (SSSR count). The minimum atomic E-state index is 0. The molecule has 0 N–H and O–H groups in total. The van der Waals surface area contributed by atoms with Gasteiger partial charge >= 0.3 is 0 Å². The second kappa shape index (κ2) is 4.12. The van der Waals surface area contributed by atoms with E-state index in [0.29, 0.717) is 0 Å². The van der Waals surface area contributed by atoms with E-state index >= 15 is 0 Å². The van der Waals surface area contributed by atoms with Crippen molar-refractivity contribution in [1.82, 2.24) is 14.6 Å². The van der Waals surface area contributed by atoms with E-state index in [-0.39, 0.29) is 17.0 Å². The van der Waals surface area contributed by atoms with Crippen molar-refractivity contribution in [2.75, 3.05) is 0 Å². The Morgan fingerprint density at radius 1 is 1.13 bits per heavy atom. The van der Waals surface area contributed by atoms with E-state index in [2.05, 4.69) is 10.1 Å². The Hall–Kier alpha value is -1.20. The predicted octanol–water partition coefficient (Wildman–Crippen LogP) is -0.538. The van der Waals surface area contributed by atoms with E-state index in [4.69, 9.17) is 0 Å². The van der Waals surface area contributed by atoms with Gasteiger partial charge in [0.15, 0.2) is 0 Å². The van der Waals surface area contributed by atoms with Gasteiger partial charge in [0, 0.05) is 5.56 Å². The Kier molecular flexibility index (Phi) is 2.83. The van der Waals surface area contributed by atoms with Crippen LogP contribution in [0, 0.1) is 0 Å². The summed E-state index contributed by atoms with van der Waals surface area (Å²) in [5.74, 6) is 0. The monoisotopic (exact) mass is 280 g/mol. The molecule has 3 aromatic rings. The number of hydrogen-bond acceptors (Lipinski definition) is 3. The second-order valence-electron chi connectivity index (χ2n) is 2.96. The summed E-state index contributed by atoms with van der Waals surface area (Å²) in [5, 5.41) is 4.14. The van der Waals surface area contributed by atoms with Crippen LogP contribution in [0.5, 0.6) is 0 Å². The molecule has 0 unspecified atom stereocenters. The zero-order valence-electron chi connectivity index (χ0n) is 7.67. The van der Waals surface area contributed by atoms with Gasteiger partial charge in [-0.05, 0) is 0 Å². The number of benzene rings is 1. The van der Waals surface area contributed by atoms with Crippen molar-refractivity contribution >= 4 is 16.3 Å². The Morgan fingerprint density at radius 2 is 1.93 bits per heavy atom. The second-order valence-corrected chi connectivity index (χ2v) is 3.77. The molecule has 0 aliphatic carbocycles. The molecule has 3 nitrogen and oxygen atoms in total. The highest BCUT2D eigenvalue weighted by molar-refractivity contribution is 7.14. The van der Waals surface area contributed by atoms with Crippen molar-refractivity contribution in [3.63, 3.8) is 0 Å². The van der Waals surface area contributed by atoms with Gasteiger partial charge in [-0.2, -0.15) is 5.10 Å².